The molecule has 3 N–H and O–H groups in total. The number of hydrogen-bond acceptors (Lipinski definition) is 3. The summed E-state index contributed by atoms with van der Waals surface area (Å²) in [6.45, 7) is 0. The lowest BCUT2D eigenvalue weighted by Gasteiger charge is -2.32. The predicted octanol–water partition coefficient (Wildman–Crippen LogP) is 2.68. The van der Waals surface area contributed by atoms with E-state index in [4.69, 9.17) is 5.21 Å². The summed E-state index contributed by atoms with van der Waals surface area (Å²) >= 11 is 3.48. The fourth-order valence-electron chi connectivity index (χ4n) is 3.39. The van der Waals surface area contributed by atoms with Gasteiger partial charge in [-0.15, -0.1) is 0 Å². The number of nitrogens with zero attached hydrogens (tertiary/aromatic N) is 1. The number of rotatable bonds is 4. The van der Waals surface area contributed by atoms with Crippen molar-refractivity contribution >= 4 is 39.2 Å². The predicted molar refractivity (Wildman–Crippen MR) is 93.5 cm³/mol. The summed E-state index contributed by atoms with van der Waals surface area (Å²) < 4.78 is 3.27. The highest BCUT2D eigenvalue weighted by molar-refractivity contribution is 9.10. The van der Waals surface area contributed by atoms with Crippen LogP contribution >= 0.6 is 15.9 Å². The molecule has 3 rings (SSSR count). The molecule has 24 heavy (non-hydrogen) atoms. The van der Waals surface area contributed by atoms with Crippen LogP contribution < -0.4 is 10.8 Å². The van der Waals surface area contributed by atoms with E-state index in [1.54, 1.807) is 5.48 Å². The third-order valence-electron chi connectivity index (χ3n) is 4.49. The highest BCUT2D eigenvalue weighted by atomic mass is 79.9. The maximum absolute atomic E-state index is 11.4. The van der Waals surface area contributed by atoms with E-state index in [0.29, 0.717) is 19.3 Å². The van der Waals surface area contributed by atoms with Crippen LogP contribution in [0.4, 0.5) is 0 Å². The van der Waals surface area contributed by atoms with Crippen molar-refractivity contribution in [1.29, 1.82) is 0 Å². The molecule has 7 heteroatoms. The summed E-state index contributed by atoms with van der Waals surface area (Å²) in [7, 11) is 0. The Morgan fingerprint density at radius 1 is 1.38 bits per heavy atom. The van der Waals surface area contributed by atoms with Crippen molar-refractivity contribution in [2.45, 2.75) is 31.3 Å². The minimum Gasteiger partial charge on any atom is -0.352 e. The van der Waals surface area contributed by atoms with Gasteiger partial charge in [-0.25, -0.2) is 5.48 Å². The molecule has 1 aliphatic carbocycles. The van der Waals surface area contributed by atoms with Gasteiger partial charge in [0.05, 0.1) is 6.04 Å². The summed E-state index contributed by atoms with van der Waals surface area (Å²) in [5.41, 5.74) is 3.57. The van der Waals surface area contributed by atoms with Gasteiger partial charge in [-0.2, -0.15) is 0 Å². The molecule has 0 saturated heterocycles. The molecule has 0 radical (unpaired) electrons. The molecule has 2 amide bonds. The highest BCUT2D eigenvalue weighted by Crippen LogP contribution is 2.35. The molecule has 1 heterocycles. The molecule has 0 spiro atoms. The topological polar surface area (TPSA) is 83.4 Å². The number of aromatic nitrogens is 1. The second-order valence-corrected chi connectivity index (χ2v) is 6.80. The summed E-state index contributed by atoms with van der Waals surface area (Å²) in [4.78, 5) is 22.3. The first-order valence-corrected chi connectivity index (χ1v) is 8.52. The van der Waals surface area contributed by atoms with Gasteiger partial charge >= 0.3 is 0 Å². The van der Waals surface area contributed by atoms with Crippen molar-refractivity contribution in [2.75, 3.05) is 0 Å². The van der Waals surface area contributed by atoms with Crippen LogP contribution in [0.3, 0.4) is 0 Å². The SMILES string of the molecule is O=CNC1CC(n2ccc3cc(Br)ccc32)CC/C1=C\C(=O)NO. The molecule has 2 atom stereocenters. The molecule has 1 aliphatic rings. The minimum atomic E-state index is -0.572. The van der Waals surface area contributed by atoms with Gasteiger partial charge in [-0.1, -0.05) is 15.9 Å². The van der Waals surface area contributed by atoms with E-state index in [1.807, 2.05) is 6.07 Å². The van der Waals surface area contributed by atoms with E-state index in [1.165, 1.54) is 6.08 Å². The van der Waals surface area contributed by atoms with Gasteiger partial charge in [-0.05, 0) is 49.1 Å². The van der Waals surface area contributed by atoms with E-state index in [9.17, 15) is 9.59 Å². The lowest BCUT2D eigenvalue weighted by molar-refractivity contribution is -0.124. The second-order valence-electron chi connectivity index (χ2n) is 5.89. The van der Waals surface area contributed by atoms with Crippen molar-refractivity contribution in [1.82, 2.24) is 15.4 Å². The maximum atomic E-state index is 11.4. The average Bonchev–Trinajstić information content (AvgIpc) is 2.99. The first-order valence-electron chi connectivity index (χ1n) is 7.72. The molecule has 1 saturated carbocycles. The lowest BCUT2D eigenvalue weighted by Crippen LogP contribution is -2.36. The third kappa shape index (κ3) is 3.37. The van der Waals surface area contributed by atoms with Gasteiger partial charge in [0, 0.05) is 33.7 Å². The Morgan fingerprint density at radius 2 is 2.21 bits per heavy atom. The Balaban J connectivity index is 1.87. The van der Waals surface area contributed by atoms with Crippen molar-refractivity contribution in [2.24, 2.45) is 0 Å². The number of halogens is 1. The highest BCUT2D eigenvalue weighted by Gasteiger charge is 2.27. The van der Waals surface area contributed by atoms with Crippen molar-refractivity contribution in [3.05, 3.63) is 46.6 Å². The summed E-state index contributed by atoms with van der Waals surface area (Å²) in [5, 5.41) is 12.6. The Morgan fingerprint density at radius 3 is 2.96 bits per heavy atom. The Kier molecular flexibility index (Phi) is 5.01. The minimum absolute atomic E-state index is 0.216. The molecule has 0 bridgehead atoms. The second kappa shape index (κ2) is 7.19. The molecular weight excluding hydrogens is 374 g/mol. The van der Waals surface area contributed by atoms with Crippen LogP contribution in [0.2, 0.25) is 0 Å². The first-order chi connectivity index (χ1) is 11.6. The molecule has 1 aromatic heterocycles. The van der Waals surface area contributed by atoms with Gasteiger partial charge in [0.15, 0.2) is 0 Å². The lowest BCUT2D eigenvalue weighted by atomic mass is 9.86. The van der Waals surface area contributed by atoms with Crippen molar-refractivity contribution in [3.63, 3.8) is 0 Å². The van der Waals surface area contributed by atoms with E-state index in [-0.39, 0.29) is 12.1 Å². The zero-order valence-electron chi connectivity index (χ0n) is 12.9. The number of nitrogens with one attached hydrogen (secondary N) is 2. The van der Waals surface area contributed by atoms with E-state index in [2.05, 4.69) is 50.2 Å². The number of carbonyl (C=O) groups excluding carboxylic acids is 2. The van der Waals surface area contributed by atoms with E-state index >= 15 is 0 Å². The van der Waals surface area contributed by atoms with Crippen LogP contribution in [0.25, 0.3) is 10.9 Å². The molecular formula is C17H18BrN3O3. The molecule has 2 unspecified atom stereocenters. The molecule has 6 nitrogen and oxygen atoms in total. The number of benzene rings is 1. The normalized spacial score (nSPS) is 22.5. The van der Waals surface area contributed by atoms with Gasteiger partial charge < -0.3 is 9.88 Å². The van der Waals surface area contributed by atoms with Gasteiger partial charge in [0.2, 0.25) is 6.41 Å². The smallest absolute Gasteiger partial charge is 0.267 e. The quantitative estimate of drug-likeness (QED) is 0.324. The Bertz CT molecular complexity index is 799. The standard InChI is InChI=1S/C17H18BrN3O3/c18-13-2-4-16-12(7-13)5-6-21(16)14-3-1-11(8-17(23)20-24)15(9-14)19-10-22/h2,4-8,10,14-15,24H,1,3,9H2,(H,19,22)(H,20,23)/b11-8+. The largest absolute Gasteiger partial charge is 0.352 e. The molecule has 0 aliphatic heterocycles. The zero-order valence-corrected chi connectivity index (χ0v) is 14.5. The summed E-state index contributed by atoms with van der Waals surface area (Å²) in [6.07, 6.45) is 6.32. The van der Waals surface area contributed by atoms with Crippen LogP contribution in [0.1, 0.15) is 25.3 Å². The average molecular weight is 392 g/mol. The van der Waals surface area contributed by atoms with Gasteiger partial charge in [0.1, 0.15) is 0 Å². The molecule has 1 aromatic carbocycles. The van der Waals surface area contributed by atoms with Crippen LogP contribution in [-0.4, -0.2) is 28.1 Å². The monoisotopic (exact) mass is 391 g/mol. The summed E-state index contributed by atoms with van der Waals surface area (Å²) in [6, 6.07) is 8.26. The fourth-order valence-corrected chi connectivity index (χ4v) is 3.76. The maximum Gasteiger partial charge on any atom is 0.267 e. The fraction of sp³-hybridized carbons (Fsp3) is 0.294. The van der Waals surface area contributed by atoms with Crippen molar-refractivity contribution in [3.8, 4) is 0 Å². The molecule has 126 valence electrons. The number of hydrogen-bond donors (Lipinski definition) is 3. The number of hydroxylamine groups is 1. The molecule has 2 aromatic rings. The van der Waals surface area contributed by atoms with Crippen LogP contribution in [-0.2, 0) is 9.59 Å². The Hall–Kier alpha value is -2.12. The zero-order chi connectivity index (χ0) is 17.1. The first kappa shape index (κ1) is 16.7. The number of fused-ring (bicyclic) bond motifs is 1. The van der Waals surface area contributed by atoms with Crippen LogP contribution in [0.15, 0.2) is 46.6 Å². The third-order valence-corrected chi connectivity index (χ3v) is 4.99. The van der Waals surface area contributed by atoms with Crippen LogP contribution in [0, 0.1) is 0 Å². The van der Waals surface area contributed by atoms with Gasteiger partial charge in [0.25, 0.3) is 5.91 Å². The van der Waals surface area contributed by atoms with Crippen LogP contribution in [0.5, 0.6) is 0 Å². The van der Waals surface area contributed by atoms with E-state index < -0.39 is 5.91 Å². The Labute approximate surface area is 147 Å². The number of carbonyl (C=O) groups is 2. The number of amides is 2. The van der Waals surface area contributed by atoms with Crippen molar-refractivity contribution < 1.29 is 14.8 Å². The van der Waals surface area contributed by atoms with Gasteiger partial charge in [-0.3, -0.25) is 14.8 Å². The molecule has 1 fully saturated rings. The summed E-state index contributed by atoms with van der Waals surface area (Å²) in [5.74, 6) is -0.572. The van der Waals surface area contributed by atoms with E-state index in [0.717, 1.165) is 27.4 Å².